The van der Waals surface area contributed by atoms with E-state index in [0.717, 1.165) is 50.0 Å². The predicted octanol–water partition coefficient (Wildman–Crippen LogP) is 3.66. The fraction of sp³-hybridized carbons (Fsp3) is 0.591. The van der Waals surface area contributed by atoms with E-state index in [0.29, 0.717) is 18.5 Å². The highest BCUT2D eigenvalue weighted by Gasteiger charge is 2.22. The standard InChI is InChI=1S/C22H34N4O2/c1-17(2)15-26-13-9-18-14-19(7-8-21(18)26)24-22(28)23-10-3-4-11-25-12-5-6-20(25)16-27/h7-9,13-14,17,20,27H,3-6,10-12,15-16H2,1-2H3,(H2,23,24,28). The Bertz CT molecular complexity index is 771. The van der Waals surface area contributed by atoms with E-state index in [-0.39, 0.29) is 12.6 Å². The normalized spacial score (nSPS) is 17.5. The topological polar surface area (TPSA) is 69.5 Å². The summed E-state index contributed by atoms with van der Waals surface area (Å²) in [6.45, 7) is 8.42. The van der Waals surface area contributed by atoms with Crippen molar-refractivity contribution in [3.05, 3.63) is 30.5 Å². The van der Waals surface area contributed by atoms with E-state index in [1.54, 1.807) is 0 Å². The number of nitrogens with zero attached hydrogens (tertiary/aromatic N) is 2. The molecule has 6 nitrogen and oxygen atoms in total. The highest BCUT2D eigenvalue weighted by molar-refractivity contribution is 5.92. The number of hydrogen-bond donors (Lipinski definition) is 3. The first-order valence-corrected chi connectivity index (χ1v) is 10.6. The number of aliphatic hydroxyl groups is 1. The lowest BCUT2D eigenvalue weighted by Crippen LogP contribution is -2.34. The lowest BCUT2D eigenvalue weighted by Gasteiger charge is -2.22. The molecule has 3 N–H and O–H groups in total. The largest absolute Gasteiger partial charge is 0.395 e. The van der Waals surface area contributed by atoms with Crippen molar-refractivity contribution in [3.63, 3.8) is 0 Å². The van der Waals surface area contributed by atoms with Crippen molar-refractivity contribution in [1.82, 2.24) is 14.8 Å². The molecule has 1 aliphatic rings. The zero-order valence-corrected chi connectivity index (χ0v) is 17.2. The molecule has 1 aromatic carbocycles. The number of carbonyl (C=O) groups excluding carboxylic acids is 1. The number of anilines is 1. The number of unbranched alkanes of at least 4 members (excludes halogenated alkanes) is 1. The Morgan fingerprint density at radius 3 is 2.93 bits per heavy atom. The van der Waals surface area contributed by atoms with Crippen molar-refractivity contribution in [3.8, 4) is 0 Å². The van der Waals surface area contributed by atoms with Crippen molar-refractivity contribution >= 4 is 22.6 Å². The average Bonchev–Trinajstić information content (AvgIpc) is 3.27. The molecule has 154 valence electrons. The number of hydrogen-bond acceptors (Lipinski definition) is 3. The van der Waals surface area contributed by atoms with Crippen LogP contribution in [0.25, 0.3) is 10.9 Å². The lowest BCUT2D eigenvalue weighted by atomic mass is 10.2. The Morgan fingerprint density at radius 1 is 1.29 bits per heavy atom. The molecule has 1 unspecified atom stereocenters. The molecule has 0 aliphatic carbocycles. The van der Waals surface area contributed by atoms with Gasteiger partial charge in [0.25, 0.3) is 0 Å². The maximum absolute atomic E-state index is 12.1. The monoisotopic (exact) mass is 386 g/mol. The van der Waals surface area contributed by atoms with Crippen LogP contribution in [-0.2, 0) is 6.54 Å². The first-order valence-electron chi connectivity index (χ1n) is 10.6. The molecule has 1 saturated heterocycles. The maximum Gasteiger partial charge on any atom is 0.319 e. The summed E-state index contributed by atoms with van der Waals surface area (Å²) in [7, 11) is 0. The molecule has 6 heteroatoms. The maximum atomic E-state index is 12.1. The van der Waals surface area contributed by atoms with Crippen molar-refractivity contribution in [2.75, 3.05) is 31.6 Å². The van der Waals surface area contributed by atoms with Gasteiger partial charge in [-0.05, 0) is 69.0 Å². The second-order valence-electron chi connectivity index (χ2n) is 8.24. The molecule has 1 aromatic heterocycles. The second kappa shape index (κ2) is 9.94. The van der Waals surface area contributed by atoms with Crippen molar-refractivity contribution in [2.45, 2.75) is 52.1 Å². The minimum absolute atomic E-state index is 0.157. The van der Waals surface area contributed by atoms with E-state index in [9.17, 15) is 9.90 Å². The summed E-state index contributed by atoms with van der Waals surface area (Å²) in [6.07, 6.45) is 6.36. The molecule has 1 atom stereocenters. The number of likely N-dealkylation sites (tertiary alicyclic amines) is 1. The Kier molecular flexibility index (Phi) is 7.34. The average molecular weight is 387 g/mol. The molecule has 3 rings (SSSR count). The lowest BCUT2D eigenvalue weighted by molar-refractivity contribution is 0.157. The van der Waals surface area contributed by atoms with Crippen LogP contribution in [0.1, 0.15) is 39.5 Å². The third-order valence-corrected chi connectivity index (χ3v) is 5.46. The Hall–Kier alpha value is -2.05. The van der Waals surface area contributed by atoms with Gasteiger partial charge >= 0.3 is 6.03 Å². The van der Waals surface area contributed by atoms with Gasteiger partial charge in [-0.2, -0.15) is 0 Å². The third kappa shape index (κ3) is 5.49. The van der Waals surface area contributed by atoms with Crippen molar-refractivity contribution in [2.24, 2.45) is 5.92 Å². The summed E-state index contributed by atoms with van der Waals surface area (Å²) in [5, 5.41) is 16.4. The summed E-state index contributed by atoms with van der Waals surface area (Å²) in [5.74, 6) is 0.596. The quantitative estimate of drug-likeness (QED) is 0.576. The molecule has 0 saturated carbocycles. The van der Waals surface area contributed by atoms with Gasteiger partial charge in [-0.15, -0.1) is 0 Å². The van der Waals surface area contributed by atoms with E-state index in [1.807, 2.05) is 12.1 Å². The van der Waals surface area contributed by atoms with Crippen LogP contribution in [0.4, 0.5) is 10.5 Å². The Morgan fingerprint density at radius 2 is 2.14 bits per heavy atom. The number of fused-ring (bicyclic) bond motifs is 1. The molecular formula is C22H34N4O2. The number of aromatic nitrogens is 1. The number of carbonyl (C=O) groups is 1. The van der Waals surface area contributed by atoms with Crippen LogP contribution in [0.15, 0.2) is 30.5 Å². The molecular weight excluding hydrogens is 352 g/mol. The van der Waals surface area contributed by atoms with E-state index in [2.05, 4.69) is 52.3 Å². The smallest absolute Gasteiger partial charge is 0.319 e. The van der Waals surface area contributed by atoms with Gasteiger partial charge < -0.3 is 20.3 Å². The summed E-state index contributed by atoms with van der Waals surface area (Å²) >= 11 is 0. The van der Waals surface area contributed by atoms with E-state index >= 15 is 0 Å². The van der Waals surface area contributed by atoms with Gasteiger partial charge in [0.05, 0.1) is 6.61 Å². The molecule has 28 heavy (non-hydrogen) atoms. The molecule has 0 radical (unpaired) electrons. The van der Waals surface area contributed by atoms with E-state index < -0.39 is 0 Å². The van der Waals surface area contributed by atoms with Gasteiger partial charge in [0, 0.05) is 41.9 Å². The minimum Gasteiger partial charge on any atom is -0.395 e. The molecule has 2 amide bonds. The van der Waals surface area contributed by atoms with Gasteiger partial charge in [-0.1, -0.05) is 13.8 Å². The van der Waals surface area contributed by atoms with Gasteiger partial charge in [0.2, 0.25) is 0 Å². The number of nitrogens with one attached hydrogen (secondary N) is 2. The zero-order valence-electron chi connectivity index (χ0n) is 17.2. The predicted molar refractivity (Wildman–Crippen MR) is 115 cm³/mol. The fourth-order valence-corrected chi connectivity index (χ4v) is 4.04. The molecule has 0 bridgehead atoms. The molecule has 0 spiro atoms. The number of amides is 2. The Balaban J connectivity index is 1.40. The number of rotatable bonds is 9. The summed E-state index contributed by atoms with van der Waals surface area (Å²) in [5.41, 5.74) is 2.01. The van der Waals surface area contributed by atoms with Crippen LogP contribution < -0.4 is 10.6 Å². The van der Waals surface area contributed by atoms with Crippen LogP contribution >= 0.6 is 0 Å². The molecule has 1 aliphatic heterocycles. The zero-order chi connectivity index (χ0) is 19.9. The van der Waals surface area contributed by atoms with Crippen LogP contribution in [0.5, 0.6) is 0 Å². The highest BCUT2D eigenvalue weighted by atomic mass is 16.3. The number of urea groups is 1. The summed E-state index contributed by atoms with van der Waals surface area (Å²) in [6, 6.07) is 8.33. The van der Waals surface area contributed by atoms with Gasteiger partial charge in [0.15, 0.2) is 0 Å². The first-order chi connectivity index (χ1) is 13.6. The van der Waals surface area contributed by atoms with Crippen LogP contribution in [0.3, 0.4) is 0 Å². The van der Waals surface area contributed by atoms with Crippen LogP contribution in [0.2, 0.25) is 0 Å². The minimum atomic E-state index is -0.157. The number of aliphatic hydroxyl groups excluding tert-OH is 1. The molecule has 2 heterocycles. The van der Waals surface area contributed by atoms with Gasteiger partial charge in [0.1, 0.15) is 0 Å². The van der Waals surface area contributed by atoms with Crippen LogP contribution in [-0.4, -0.2) is 52.9 Å². The first kappa shape index (κ1) is 20.7. The second-order valence-corrected chi connectivity index (χ2v) is 8.24. The Labute approximate surface area is 167 Å². The van der Waals surface area contributed by atoms with Crippen molar-refractivity contribution in [1.29, 1.82) is 0 Å². The third-order valence-electron chi connectivity index (χ3n) is 5.46. The summed E-state index contributed by atoms with van der Waals surface area (Å²) in [4.78, 5) is 14.5. The van der Waals surface area contributed by atoms with Crippen molar-refractivity contribution < 1.29 is 9.90 Å². The van der Waals surface area contributed by atoms with Gasteiger partial charge in [-0.25, -0.2) is 4.79 Å². The summed E-state index contributed by atoms with van der Waals surface area (Å²) < 4.78 is 2.26. The van der Waals surface area contributed by atoms with Gasteiger partial charge in [-0.3, -0.25) is 4.90 Å². The SMILES string of the molecule is CC(C)Cn1ccc2cc(NC(=O)NCCCCN3CCCC3CO)ccc21. The van der Waals surface area contributed by atoms with Crippen LogP contribution in [0, 0.1) is 5.92 Å². The highest BCUT2D eigenvalue weighted by Crippen LogP contribution is 2.21. The number of benzene rings is 1. The van der Waals surface area contributed by atoms with E-state index in [1.165, 1.54) is 11.9 Å². The molecule has 2 aromatic rings. The van der Waals surface area contributed by atoms with E-state index in [4.69, 9.17) is 0 Å². The molecule has 1 fully saturated rings. The fourth-order valence-electron chi connectivity index (χ4n) is 4.04.